The van der Waals surface area contributed by atoms with Crippen molar-refractivity contribution in [2.75, 3.05) is 0 Å². The molecule has 0 aliphatic carbocycles. The fourth-order valence-electron chi connectivity index (χ4n) is 17.3. The Labute approximate surface area is 679 Å². The molecule has 24 aromatic rings. The van der Waals surface area contributed by atoms with E-state index in [0.717, 1.165) is 116 Å². The van der Waals surface area contributed by atoms with Crippen molar-refractivity contribution in [3.63, 3.8) is 0 Å². The Morgan fingerprint density at radius 2 is 0.517 bits per heavy atom. The van der Waals surface area contributed by atoms with Crippen LogP contribution < -0.4 is 0 Å². The third-order valence-electron chi connectivity index (χ3n) is 22.7. The summed E-state index contributed by atoms with van der Waals surface area (Å²) in [6.45, 7) is 0. The number of fused-ring (bicyclic) bond motifs is 14. The molecule has 0 radical (unpaired) electrons. The summed E-state index contributed by atoms with van der Waals surface area (Å²) in [4.78, 5) is 39.7. The zero-order chi connectivity index (χ0) is 77.7. The summed E-state index contributed by atoms with van der Waals surface area (Å²) in [5.41, 5.74) is 27.6. The molecule has 0 saturated heterocycles. The molecular weight excluding hydrogens is 1470 g/mol. The fourth-order valence-corrected chi connectivity index (χ4v) is 18.1. The average Bonchev–Trinajstić information content (AvgIpc) is 1.58. The van der Waals surface area contributed by atoms with E-state index < -0.39 is 0 Å². The van der Waals surface area contributed by atoms with Crippen LogP contribution in [-0.2, 0) is 0 Å². The lowest BCUT2D eigenvalue weighted by Crippen LogP contribution is -2.01. The van der Waals surface area contributed by atoms with Gasteiger partial charge < -0.3 is 22.7 Å². The predicted molar refractivity (Wildman–Crippen MR) is 481 cm³/mol. The molecule has 24 rings (SSSR count). The van der Waals surface area contributed by atoms with Crippen molar-refractivity contribution in [1.29, 1.82) is 0 Å². The zero-order valence-corrected chi connectivity index (χ0v) is 63.9. The Morgan fingerprint density at radius 3 is 0.898 bits per heavy atom. The van der Waals surface area contributed by atoms with E-state index in [4.69, 9.17) is 44.3 Å². The van der Waals surface area contributed by atoms with E-state index in [1.165, 1.54) is 71.9 Å². The van der Waals surface area contributed by atoms with Gasteiger partial charge in [0, 0.05) is 82.3 Å². The number of para-hydroxylation sites is 6. The lowest BCUT2D eigenvalue weighted by molar-refractivity contribution is 0.602. The molecule has 0 unspecified atom stereocenters. The molecule has 0 spiro atoms. The minimum Gasteiger partial charge on any atom is -0.443 e. The molecule has 16 aromatic carbocycles. The molecule has 0 bridgehead atoms. The van der Waals surface area contributed by atoms with E-state index in [-0.39, 0.29) is 0 Å². The molecule has 0 N–H and O–H groups in total. The summed E-state index contributed by atoms with van der Waals surface area (Å²) in [5, 5.41) is 9.63. The molecule has 0 saturated carbocycles. The third kappa shape index (κ3) is 11.4. The third-order valence-corrected chi connectivity index (χ3v) is 23.5. The highest BCUT2D eigenvalue weighted by Crippen LogP contribution is 2.45. The van der Waals surface area contributed by atoms with Crippen molar-refractivity contribution in [2.24, 2.45) is 0 Å². The molecule has 13 nitrogen and oxygen atoms in total. The Balaban J connectivity index is 0.000000138. The second-order valence-electron chi connectivity index (χ2n) is 29.4. The first-order valence-electron chi connectivity index (χ1n) is 39.3. The van der Waals surface area contributed by atoms with Gasteiger partial charge in [-0.25, -0.2) is 39.9 Å². The largest absolute Gasteiger partial charge is 0.443 e. The van der Waals surface area contributed by atoms with Crippen molar-refractivity contribution in [2.45, 2.75) is 0 Å². The molecule has 0 atom stereocenters. The lowest BCUT2D eigenvalue weighted by Gasteiger charge is -2.12. The van der Waals surface area contributed by atoms with Gasteiger partial charge in [-0.3, -0.25) is 0 Å². The van der Waals surface area contributed by atoms with Crippen LogP contribution in [0.4, 0.5) is 0 Å². The standard InChI is InChI=1S/C52H32N6O.C52H32N6S/c2*1-4-14-33(15-5-1)50-54-51(34-16-6-2-7-17-34)56-52(55-50)40-26-29-47(48-49(40)59-32-53-48)58-44-23-13-11-21-39(44)42-31-36(25-28-46(42)58)35-24-27-45-41(30-35)38-20-10-12-22-43(38)57(45)37-18-8-3-9-19-37/h2*1-32H. The van der Waals surface area contributed by atoms with Gasteiger partial charge >= 0.3 is 0 Å². The topological polar surface area (TPSA) is 136 Å². The van der Waals surface area contributed by atoms with Crippen molar-refractivity contribution in [1.82, 2.24) is 58.1 Å². The minimum absolute atomic E-state index is 0.515. The summed E-state index contributed by atoms with van der Waals surface area (Å²) in [5.74, 6) is 3.58. The van der Waals surface area contributed by atoms with E-state index >= 15 is 0 Å². The molecule has 0 aliphatic rings. The molecule has 0 amide bonds. The van der Waals surface area contributed by atoms with E-state index in [1.54, 1.807) is 11.3 Å². The van der Waals surface area contributed by atoms with Gasteiger partial charge in [0.1, 0.15) is 11.0 Å². The van der Waals surface area contributed by atoms with E-state index in [1.807, 2.05) is 133 Å². The Kier molecular flexibility index (Phi) is 16.1. The summed E-state index contributed by atoms with van der Waals surface area (Å²) in [6.07, 6.45) is 1.51. The van der Waals surface area contributed by atoms with Crippen molar-refractivity contribution < 1.29 is 4.42 Å². The smallest absolute Gasteiger partial charge is 0.182 e. The lowest BCUT2D eigenvalue weighted by atomic mass is 10.0. The number of rotatable bonds is 12. The van der Waals surface area contributed by atoms with Gasteiger partial charge in [-0.05, 0) is 144 Å². The van der Waals surface area contributed by atoms with Crippen molar-refractivity contribution >= 4 is 120 Å². The molecule has 8 aromatic heterocycles. The van der Waals surface area contributed by atoms with Crippen LogP contribution in [-0.4, -0.2) is 58.1 Å². The van der Waals surface area contributed by atoms with Crippen LogP contribution in [0.25, 0.3) is 222 Å². The van der Waals surface area contributed by atoms with Crippen molar-refractivity contribution in [3.8, 4) is 113 Å². The van der Waals surface area contributed by atoms with E-state index in [9.17, 15) is 0 Å². The van der Waals surface area contributed by atoms with Gasteiger partial charge in [-0.2, -0.15) is 0 Å². The molecule has 118 heavy (non-hydrogen) atoms. The normalized spacial score (nSPS) is 11.7. The summed E-state index contributed by atoms with van der Waals surface area (Å²) >= 11 is 1.61. The molecule has 552 valence electrons. The number of thiazole rings is 1. The Bertz CT molecular complexity index is 7460. The number of oxazole rings is 1. The predicted octanol–water partition coefficient (Wildman–Crippen LogP) is 26.2. The second kappa shape index (κ2) is 28.0. The number of benzene rings is 16. The molecular formula is C104H64N12OS. The van der Waals surface area contributed by atoms with E-state index in [2.05, 4.69) is 267 Å². The van der Waals surface area contributed by atoms with Crippen LogP contribution in [0, 0.1) is 0 Å². The van der Waals surface area contributed by atoms with Crippen LogP contribution >= 0.6 is 11.3 Å². The first-order chi connectivity index (χ1) is 58.5. The maximum absolute atomic E-state index is 6.20. The average molecular weight is 1530 g/mol. The van der Waals surface area contributed by atoms with E-state index in [0.29, 0.717) is 40.5 Å². The zero-order valence-electron chi connectivity index (χ0n) is 63.1. The van der Waals surface area contributed by atoms with Gasteiger partial charge in [-0.15, -0.1) is 11.3 Å². The van der Waals surface area contributed by atoms with Gasteiger partial charge in [0.05, 0.1) is 71.3 Å². The highest BCUT2D eigenvalue weighted by molar-refractivity contribution is 7.17. The second-order valence-corrected chi connectivity index (χ2v) is 30.3. The number of nitrogens with zero attached hydrogens (tertiary/aromatic N) is 12. The SMILES string of the molecule is c1ccc(-c2nc(-c3ccccc3)nc(-c3ccc(-n4c5ccccc5c5cc(-c6ccc7c(c6)c6ccccc6n7-c6ccccc6)ccc54)c4ncoc34)n2)cc1.c1ccc(-c2nc(-c3ccccc3)nc(-c3ccc(-n4c5ccccc5c5cc(-c6ccc7c(c6)c6ccccc6n7-c6ccccc6)ccc54)c4ncsc34)n2)cc1. The molecule has 0 fully saturated rings. The first kappa shape index (κ1) is 67.8. The minimum atomic E-state index is 0.515. The summed E-state index contributed by atoms with van der Waals surface area (Å²) in [7, 11) is 0. The Hall–Kier alpha value is -15.9. The fraction of sp³-hybridized carbons (Fsp3) is 0. The maximum atomic E-state index is 6.20. The molecule has 8 heterocycles. The number of hydrogen-bond donors (Lipinski definition) is 0. The van der Waals surface area contributed by atoms with Crippen LogP contribution in [0.15, 0.2) is 392 Å². The van der Waals surface area contributed by atoms with Gasteiger partial charge in [0.2, 0.25) is 0 Å². The van der Waals surface area contributed by atoms with Crippen LogP contribution in [0.2, 0.25) is 0 Å². The van der Waals surface area contributed by atoms with Crippen LogP contribution in [0.3, 0.4) is 0 Å². The number of hydrogen-bond acceptors (Lipinski definition) is 10. The van der Waals surface area contributed by atoms with Crippen LogP contribution in [0.5, 0.6) is 0 Å². The quantitative estimate of drug-likeness (QED) is 0.117. The van der Waals surface area contributed by atoms with Gasteiger partial charge in [-0.1, -0.05) is 255 Å². The van der Waals surface area contributed by atoms with Gasteiger partial charge in [0.25, 0.3) is 0 Å². The number of aromatic nitrogens is 12. The van der Waals surface area contributed by atoms with Gasteiger partial charge in [0.15, 0.2) is 46.9 Å². The van der Waals surface area contributed by atoms with Crippen LogP contribution in [0.1, 0.15) is 0 Å². The first-order valence-corrected chi connectivity index (χ1v) is 40.1. The monoisotopic (exact) mass is 1530 g/mol. The van der Waals surface area contributed by atoms with Crippen molar-refractivity contribution in [3.05, 3.63) is 388 Å². The summed E-state index contributed by atoms with van der Waals surface area (Å²) < 4.78 is 16.6. The Morgan fingerprint density at radius 1 is 0.220 bits per heavy atom. The maximum Gasteiger partial charge on any atom is 0.182 e. The highest BCUT2D eigenvalue weighted by atomic mass is 32.1. The highest BCUT2D eigenvalue weighted by Gasteiger charge is 2.26. The molecule has 14 heteroatoms. The summed E-state index contributed by atoms with van der Waals surface area (Å²) in [6, 6.07) is 132. The molecule has 0 aliphatic heterocycles.